The number of rotatable bonds is 8. The average Bonchev–Trinajstić information content (AvgIpc) is 3.52. The monoisotopic (exact) mass is 525 g/mol. The van der Waals surface area contributed by atoms with Crippen molar-refractivity contribution in [2.45, 2.75) is 55.0 Å². The second-order valence-corrected chi connectivity index (χ2v) is 12.0. The van der Waals surface area contributed by atoms with E-state index in [4.69, 9.17) is 4.42 Å². The van der Waals surface area contributed by atoms with E-state index in [1.807, 2.05) is 11.1 Å². The lowest BCUT2D eigenvalue weighted by atomic mass is 9.94. The summed E-state index contributed by atoms with van der Waals surface area (Å²) in [6.07, 6.45) is 6.78. The molecule has 0 spiro atoms. The van der Waals surface area contributed by atoms with Crippen LogP contribution >= 0.6 is 23.1 Å². The fraction of sp³-hybridized carbons (Fsp3) is 0.385. The number of aromatic nitrogens is 2. The highest BCUT2D eigenvalue weighted by molar-refractivity contribution is 8.00. The van der Waals surface area contributed by atoms with Gasteiger partial charge in [-0.15, -0.1) is 11.8 Å². The summed E-state index contributed by atoms with van der Waals surface area (Å²) in [5, 5.41) is 7.04. The van der Waals surface area contributed by atoms with Crippen LogP contribution in [0.3, 0.4) is 0 Å². The highest BCUT2D eigenvalue weighted by atomic mass is 32.2. The van der Waals surface area contributed by atoms with Gasteiger partial charge in [-0.2, -0.15) is 0 Å². The highest BCUT2D eigenvalue weighted by Crippen LogP contribution is 2.32. The molecule has 1 aliphatic rings. The summed E-state index contributed by atoms with van der Waals surface area (Å²) in [7, 11) is 0. The Morgan fingerprint density at radius 1 is 1.25 bits per heavy atom. The summed E-state index contributed by atoms with van der Waals surface area (Å²) in [5.74, 6) is 1.95. The molecule has 2 amide bonds. The zero-order chi connectivity index (χ0) is 25.7. The Morgan fingerprint density at radius 3 is 2.72 bits per heavy atom. The lowest BCUT2D eigenvalue weighted by Crippen LogP contribution is -2.45. The number of piperidine rings is 1. The van der Waals surface area contributed by atoms with Gasteiger partial charge >= 0.3 is 0 Å². The SMILES string of the molecule is C=CC(=O)Nc1ccc(C(=O)N2CCC[C@@H](Nc3ncc(SCc4ncc(C(C)(C)C)o4)s3)C2)cc1. The van der Waals surface area contributed by atoms with Crippen molar-refractivity contribution in [3.8, 4) is 0 Å². The summed E-state index contributed by atoms with van der Waals surface area (Å²) < 4.78 is 6.96. The van der Waals surface area contributed by atoms with E-state index < -0.39 is 0 Å². The fourth-order valence-electron chi connectivity index (χ4n) is 3.78. The fourth-order valence-corrected chi connectivity index (χ4v) is 5.58. The van der Waals surface area contributed by atoms with Crippen molar-refractivity contribution in [3.05, 3.63) is 66.5 Å². The zero-order valence-corrected chi connectivity index (χ0v) is 22.4. The molecule has 3 heterocycles. The molecule has 190 valence electrons. The van der Waals surface area contributed by atoms with Crippen LogP contribution < -0.4 is 10.6 Å². The number of hydrogen-bond acceptors (Lipinski definition) is 8. The zero-order valence-electron chi connectivity index (χ0n) is 20.7. The Hall–Kier alpha value is -3.11. The molecule has 2 aromatic heterocycles. The highest BCUT2D eigenvalue weighted by Gasteiger charge is 2.25. The first-order valence-corrected chi connectivity index (χ1v) is 13.6. The maximum Gasteiger partial charge on any atom is 0.253 e. The second kappa shape index (κ2) is 11.3. The van der Waals surface area contributed by atoms with Gasteiger partial charge in [0.15, 0.2) is 5.13 Å². The van der Waals surface area contributed by atoms with Crippen LogP contribution in [0, 0.1) is 0 Å². The molecule has 1 aliphatic heterocycles. The minimum absolute atomic E-state index is 0.0148. The molecule has 1 saturated heterocycles. The number of carbonyl (C=O) groups is 2. The number of hydrogen-bond donors (Lipinski definition) is 2. The van der Waals surface area contributed by atoms with E-state index in [2.05, 4.69) is 48.0 Å². The van der Waals surface area contributed by atoms with E-state index in [0.29, 0.717) is 29.4 Å². The van der Waals surface area contributed by atoms with Crippen molar-refractivity contribution in [1.82, 2.24) is 14.9 Å². The van der Waals surface area contributed by atoms with Crippen LogP contribution in [0.5, 0.6) is 0 Å². The van der Waals surface area contributed by atoms with Crippen LogP contribution in [0.2, 0.25) is 0 Å². The summed E-state index contributed by atoms with van der Waals surface area (Å²) >= 11 is 3.25. The standard InChI is InChI=1S/C26H31N5O3S2/c1-5-21(32)29-18-10-8-17(9-11-18)24(33)31-12-6-7-19(15-31)30-25-28-14-23(36-25)35-16-22-27-13-20(34-22)26(2,3)4/h5,8-11,13-14,19H,1,6-7,12,15-16H2,2-4H3,(H,28,30)(H,29,32)/t19-/m1/s1. The Morgan fingerprint density at radius 2 is 2.03 bits per heavy atom. The molecule has 8 nitrogen and oxygen atoms in total. The predicted molar refractivity (Wildman–Crippen MR) is 145 cm³/mol. The molecule has 0 bridgehead atoms. The number of thiazole rings is 1. The Bertz CT molecular complexity index is 1210. The van der Waals surface area contributed by atoms with Crippen molar-refractivity contribution in [2.24, 2.45) is 0 Å². The molecule has 36 heavy (non-hydrogen) atoms. The predicted octanol–water partition coefficient (Wildman–Crippen LogP) is 5.56. The lowest BCUT2D eigenvalue weighted by Gasteiger charge is -2.33. The third-order valence-corrected chi connectivity index (χ3v) is 7.84. The van der Waals surface area contributed by atoms with Crippen LogP contribution in [0.1, 0.15) is 55.6 Å². The number of amides is 2. The molecule has 0 radical (unpaired) electrons. The molecule has 0 aliphatic carbocycles. The van der Waals surface area contributed by atoms with Gasteiger partial charge in [-0.3, -0.25) is 9.59 Å². The molecular weight excluding hydrogens is 494 g/mol. The van der Waals surface area contributed by atoms with Gasteiger partial charge in [0.2, 0.25) is 11.8 Å². The Kier molecular flexibility index (Phi) is 8.15. The van der Waals surface area contributed by atoms with Gasteiger partial charge in [-0.05, 0) is 43.2 Å². The molecular formula is C26H31N5O3S2. The number of likely N-dealkylation sites (tertiary alicyclic amines) is 1. The van der Waals surface area contributed by atoms with E-state index >= 15 is 0 Å². The van der Waals surface area contributed by atoms with Crippen molar-refractivity contribution < 1.29 is 14.0 Å². The molecule has 0 saturated carbocycles. The number of benzene rings is 1. The molecule has 1 fully saturated rings. The van der Waals surface area contributed by atoms with Gasteiger partial charge in [0, 0.05) is 35.8 Å². The van der Waals surface area contributed by atoms with Gasteiger partial charge in [-0.1, -0.05) is 38.7 Å². The van der Waals surface area contributed by atoms with Gasteiger partial charge in [0.1, 0.15) is 5.76 Å². The smallest absolute Gasteiger partial charge is 0.253 e. The van der Waals surface area contributed by atoms with Crippen molar-refractivity contribution in [1.29, 1.82) is 0 Å². The number of nitrogens with zero attached hydrogens (tertiary/aromatic N) is 3. The number of carbonyl (C=O) groups excluding carboxylic acids is 2. The van der Waals surface area contributed by atoms with E-state index in [0.717, 1.165) is 34.5 Å². The minimum atomic E-state index is -0.282. The van der Waals surface area contributed by atoms with Crippen LogP contribution in [0.4, 0.5) is 10.8 Å². The summed E-state index contributed by atoms with van der Waals surface area (Å²) in [6, 6.07) is 7.07. The molecule has 4 rings (SSSR count). The van der Waals surface area contributed by atoms with Gasteiger partial charge in [0.25, 0.3) is 5.91 Å². The van der Waals surface area contributed by atoms with E-state index in [1.54, 1.807) is 53.6 Å². The topological polar surface area (TPSA) is 100 Å². The molecule has 1 atom stereocenters. The minimum Gasteiger partial charge on any atom is -0.444 e. The number of nitrogens with one attached hydrogen (secondary N) is 2. The van der Waals surface area contributed by atoms with Crippen LogP contribution in [-0.4, -0.2) is 45.8 Å². The first-order valence-electron chi connectivity index (χ1n) is 11.8. The second-order valence-electron chi connectivity index (χ2n) is 9.65. The first kappa shape index (κ1) is 26.0. The quantitative estimate of drug-likeness (QED) is 0.293. The van der Waals surface area contributed by atoms with Crippen LogP contribution in [-0.2, 0) is 16.0 Å². The summed E-state index contributed by atoms with van der Waals surface area (Å²) in [4.78, 5) is 35.3. The summed E-state index contributed by atoms with van der Waals surface area (Å²) in [5.41, 5.74) is 1.17. The molecule has 1 aromatic carbocycles. The maximum atomic E-state index is 13.0. The average molecular weight is 526 g/mol. The third-order valence-electron chi connectivity index (χ3n) is 5.74. The molecule has 3 aromatic rings. The Labute approximate surface area is 219 Å². The molecule has 10 heteroatoms. The normalized spacial score (nSPS) is 16.0. The number of oxazole rings is 1. The van der Waals surface area contributed by atoms with Crippen molar-refractivity contribution >= 4 is 45.7 Å². The summed E-state index contributed by atoms with van der Waals surface area (Å²) in [6.45, 7) is 11.1. The maximum absolute atomic E-state index is 13.0. The number of thioether (sulfide) groups is 1. The van der Waals surface area contributed by atoms with Crippen LogP contribution in [0.15, 0.2) is 57.9 Å². The van der Waals surface area contributed by atoms with E-state index in [-0.39, 0.29) is 23.3 Å². The van der Waals surface area contributed by atoms with Crippen molar-refractivity contribution in [3.63, 3.8) is 0 Å². The third kappa shape index (κ3) is 6.76. The molecule has 2 N–H and O–H groups in total. The van der Waals surface area contributed by atoms with Gasteiger partial charge in [0.05, 0.1) is 22.4 Å². The van der Waals surface area contributed by atoms with Crippen LogP contribution in [0.25, 0.3) is 0 Å². The van der Waals surface area contributed by atoms with Crippen molar-refractivity contribution in [2.75, 3.05) is 23.7 Å². The van der Waals surface area contributed by atoms with E-state index in [1.165, 1.54) is 6.08 Å². The Balaban J connectivity index is 1.29. The van der Waals surface area contributed by atoms with Gasteiger partial charge < -0.3 is 20.0 Å². The largest absolute Gasteiger partial charge is 0.444 e. The first-order chi connectivity index (χ1) is 17.2. The van der Waals surface area contributed by atoms with E-state index in [9.17, 15) is 9.59 Å². The molecule has 0 unspecified atom stereocenters. The van der Waals surface area contributed by atoms with Gasteiger partial charge in [-0.25, -0.2) is 9.97 Å². The number of anilines is 2. The lowest BCUT2D eigenvalue weighted by molar-refractivity contribution is -0.111.